The van der Waals surface area contributed by atoms with Crippen LogP contribution in [-0.4, -0.2) is 26.4 Å². The number of nitro benzene ring substituents is 1. The van der Waals surface area contributed by atoms with Gasteiger partial charge < -0.3 is 0 Å². The number of nitro groups is 1. The lowest BCUT2D eigenvalue weighted by atomic mass is 10.1. The molecule has 0 fully saturated rings. The maximum Gasteiger partial charge on any atom is 0.269 e. The fourth-order valence-electron chi connectivity index (χ4n) is 2.99. The van der Waals surface area contributed by atoms with Gasteiger partial charge in [0.25, 0.3) is 5.69 Å². The van der Waals surface area contributed by atoms with Crippen molar-refractivity contribution in [3.05, 3.63) is 107 Å². The highest BCUT2D eigenvalue weighted by Crippen LogP contribution is 2.27. The van der Waals surface area contributed by atoms with Crippen LogP contribution in [-0.2, 0) is 0 Å². The Balaban J connectivity index is 1.59. The van der Waals surface area contributed by atoms with E-state index in [2.05, 4.69) is 9.97 Å². The molecule has 0 spiro atoms. The van der Waals surface area contributed by atoms with Crippen LogP contribution in [0.25, 0.3) is 22.5 Å². The van der Waals surface area contributed by atoms with Crippen LogP contribution < -0.4 is 0 Å². The first kappa shape index (κ1) is 20.4. The van der Waals surface area contributed by atoms with E-state index in [0.29, 0.717) is 10.7 Å². The zero-order valence-corrected chi connectivity index (χ0v) is 17.2. The van der Waals surface area contributed by atoms with Crippen molar-refractivity contribution < 1.29 is 9.72 Å². The molecule has 1 aromatic heterocycles. The van der Waals surface area contributed by atoms with Crippen LogP contribution >= 0.6 is 11.8 Å². The highest BCUT2D eigenvalue weighted by Gasteiger charge is 2.13. The molecule has 0 aliphatic carbocycles. The molecule has 4 rings (SSSR count). The Morgan fingerprint density at radius 2 is 1.32 bits per heavy atom. The summed E-state index contributed by atoms with van der Waals surface area (Å²) in [5.74, 6) is -0.0144. The predicted molar refractivity (Wildman–Crippen MR) is 121 cm³/mol. The molecule has 152 valence electrons. The van der Waals surface area contributed by atoms with Gasteiger partial charge in [0.1, 0.15) is 0 Å². The highest BCUT2D eigenvalue weighted by atomic mass is 32.2. The summed E-state index contributed by atoms with van der Waals surface area (Å²) in [5.41, 5.74) is 3.85. The Morgan fingerprint density at radius 1 is 0.806 bits per heavy atom. The normalized spacial score (nSPS) is 10.6. The number of rotatable bonds is 7. The summed E-state index contributed by atoms with van der Waals surface area (Å²) in [6.07, 6.45) is 0. The van der Waals surface area contributed by atoms with Gasteiger partial charge in [-0.25, -0.2) is 9.97 Å². The third kappa shape index (κ3) is 5.02. The van der Waals surface area contributed by atoms with Gasteiger partial charge in [-0.05, 0) is 18.2 Å². The molecule has 0 unspecified atom stereocenters. The van der Waals surface area contributed by atoms with Crippen molar-refractivity contribution in [1.82, 2.24) is 9.97 Å². The maximum absolute atomic E-state index is 12.6. The van der Waals surface area contributed by atoms with Crippen molar-refractivity contribution >= 4 is 23.2 Å². The molecule has 0 aliphatic heterocycles. The van der Waals surface area contributed by atoms with Gasteiger partial charge >= 0.3 is 0 Å². The van der Waals surface area contributed by atoms with Crippen molar-refractivity contribution in [3.8, 4) is 22.5 Å². The SMILES string of the molecule is O=C(CSc1nc(-c2ccccc2)cc(-c2ccccc2)n1)c1ccc([N+](=O)[O-])cc1. The maximum atomic E-state index is 12.6. The number of ketones is 1. The van der Waals surface area contributed by atoms with E-state index in [-0.39, 0.29) is 17.2 Å². The van der Waals surface area contributed by atoms with Gasteiger partial charge in [0.05, 0.1) is 22.1 Å². The third-order valence-corrected chi connectivity index (χ3v) is 5.42. The van der Waals surface area contributed by atoms with E-state index < -0.39 is 4.92 Å². The molecule has 0 atom stereocenters. The van der Waals surface area contributed by atoms with Crippen molar-refractivity contribution in [2.45, 2.75) is 5.16 Å². The summed E-state index contributed by atoms with van der Waals surface area (Å²) in [7, 11) is 0. The van der Waals surface area contributed by atoms with Crippen molar-refractivity contribution in [2.24, 2.45) is 0 Å². The van der Waals surface area contributed by atoms with Crippen LogP contribution in [0.2, 0.25) is 0 Å². The summed E-state index contributed by atoms with van der Waals surface area (Å²) >= 11 is 1.25. The van der Waals surface area contributed by atoms with E-state index in [0.717, 1.165) is 22.5 Å². The number of carbonyl (C=O) groups is 1. The second-order valence-electron chi connectivity index (χ2n) is 6.67. The Hall–Kier alpha value is -3.84. The molecule has 0 saturated carbocycles. The summed E-state index contributed by atoms with van der Waals surface area (Å²) in [5, 5.41) is 11.3. The van der Waals surface area contributed by atoms with Gasteiger partial charge in [-0.2, -0.15) is 0 Å². The van der Waals surface area contributed by atoms with Gasteiger partial charge in [0, 0.05) is 28.8 Å². The minimum absolute atomic E-state index is 0.0457. The molecule has 0 radical (unpaired) electrons. The Kier molecular flexibility index (Phi) is 6.14. The number of non-ortho nitro benzene ring substituents is 1. The molecule has 31 heavy (non-hydrogen) atoms. The molecule has 3 aromatic carbocycles. The van der Waals surface area contributed by atoms with Gasteiger partial charge in [-0.3, -0.25) is 14.9 Å². The van der Waals surface area contributed by atoms with Crippen molar-refractivity contribution in [3.63, 3.8) is 0 Å². The second kappa shape index (κ2) is 9.32. The smallest absolute Gasteiger partial charge is 0.269 e. The number of hydrogen-bond donors (Lipinski definition) is 0. The molecule has 7 heteroatoms. The van der Waals surface area contributed by atoms with Crippen LogP contribution in [0.15, 0.2) is 96.2 Å². The van der Waals surface area contributed by atoms with Crippen LogP contribution in [0.4, 0.5) is 5.69 Å². The molecule has 1 heterocycles. The quantitative estimate of drug-likeness (QED) is 0.124. The van der Waals surface area contributed by atoms with Crippen LogP contribution in [0.3, 0.4) is 0 Å². The molecule has 0 bridgehead atoms. The van der Waals surface area contributed by atoms with E-state index in [1.165, 1.54) is 36.0 Å². The minimum Gasteiger partial charge on any atom is -0.293 e. The lowest BCUT2D eigenvalue weighted by Gasteiger charge is -2.08. The van der Waals surface area contributed by atoms with E-state index in [1.807, 2.05) is 66.7 Å². The monoisotopic (exact) mass is 427 g/mol. The molecule has 6 nitrogen and oxygen atoms in total. The molecule has 0 amide bonds. The zero-order chi connectivity index (χ0) is 21.6. The molecular formula is C24H17N3O3S. The number of carbonyl (C=O) groups excluding carboxylic acids is 1. The molecule has 0 aliphatic rings. The number of hydrogen-bond acceptors (Lipinski definition) is 6. The van der Waals surface area contributed by atoms with Gasteiger partial charge in [0.15, 0.2) is 10.9 Å². The lowest BCUT2D eigenvalue weighted by Crippen LogP contribution is -2.04. The van der Waals surface area contributed by atoms with Gasteiger partial charge in [0.2, 0.25) is 0 Å². The molecular weight excluding hydrogens is 410 g/mol. The average molecular weight is 427 g/mol. The lowest BCUT2D eigenvalue weighted by molar-refractivity contribution is -0.384. The largest absolute Gasteiger partial charge is 0.293 e. The first-order valence-electron chi connectivity index (χ1n) is 9.50. The third-order valence-electron chi connectivity index (χ3n) is 4.58. The molecule has 4 aromatic rings. The van der Waals surface area contributed by atoms with Gasteiger partial charge in [-0.1, -0.05) is 72.4 Å². The summed E-state index contributed by atoms with van der Waals surface area (Å²) in [4.78, 5) is 32.1. The molecule has 0 saturated heterocycles. The minimum atomic E-state index is -0.489. The van der Waals surface area contributed by atoms with Crippen LogP contribution in [0, 0.1) is 10.1 Å². The highest BCUT2D eigenvalue weighted by molar-refractivity contribution is 7.99. The summed E-state index contributed by atoms with van der Waals surface area (Å²) < 4.78 is 0. The van der Waals surface area contributed by atoms with E-state index >= 15 is 0 Å². The van der Waals surface area contributed by atoms with E-state index in [9.17, 15) is 14.9 Å². The Labute approximate surface area is 183 Å². The van der Waals surface area contributed by atoms with E-state index in [1.54, 1.807) is 0 Å². The number of Topliss-reactive ketones (excluding diaryl/α,β-unsaturated/α-hetero) is 1. The Morgan fingerprint density at radius 3 is 1.81 bits per heavy atom. The standard InChI is InChI=1S/C24H17N3O3S/c28-23(19-11-13-20(14-12-19)27(29)30)16-31-24-25-21(17-7-3-1-4-8-17)15-22(26-24)18-9-5-2-6-10-18/h1-15H,16H2. The van der Waals surface area contributed by atoms with Crippen LogP contribution in [0.1, 0.15) is 10.4 Å². The fraction of sp³-hybridized carbons (Fsp3) is 0.0417. The summed E-state index contributed by atoms with van der Waals surface area (Å²) in [6.45, 7) is 0. The van der Waals surface area contributed by atoms with Crippen LogP contribution in [0.5, 0.6) is 0 Å². The number of aromatic nitrogens is 2. The van der Waals surface area contributed by atoms with E-state index in [4.69, 9.17) is 0 Å². The number of benzene rings is 3. The Bertz CT molecular complexity index is 1160. The number of thioether (sulfide) groups is 1. The number of nitrogens with zero attached hydrogens (tertiary/aromatic N) is 3. The molecule has 0 N–H and O–H groups in total. The average Bonchev–Trinajstić information content (AvgIpc) is 2.83. The first-order valence-corrected chi connectivity index (χ1v) is 10.5. The predicted octanol–water partition coefficient (Wildman–Crippen LogP) is 5.69. The van der Waals surface area contributed by atoms with Gasteiger partial charge in [-0.15, -0.1) is 0 Å². The topological polar surface area (TPSA) is 86.0 Å². The van der Waals surface area contributed by atoms with Crippen molar-refractivity contribution in [1.29, 1.82) is 0 Å². The first-order chi connectivity index (χ1) is 15.1. The van der Waals surface area contributed by atoms with Crippen molar-refractivity contribution in [2.75, 3.05) is 5.75 Å². The second-order valence-corrected chi connectivity index (χ2v) is 7.61. The zero-order valence-electron chi connectivity index (χ0n) is 16.3. The fourth-order valence-corrected chi connectivity index (χ4v) is 3.74. The summed E-state index contributed by atoms with van der Waals surface area (Å²) in [6, 6.07) is 27.1.